The number of aliphatic hydroxyl groups is 1. The number of hydrogen-bond acceptors (Lipinski definition) is 4. The maximum Gasteiger partial charge on any atom is 0.262 e. The van der Waals surface area contributed by atoms with Gasteiger partial charge in [-0.15, -0.1) is 11.3 Å². The average Bonchev–Trinajstić information content (AvgIpc) is 2.93. The van der Waals surface area contributed by atoms with Crippen LogP contribution in [0, 0.1) is 11.8 Å². The predicted molar refractivity (Wildman–Crippen MR) is 85.3 cm³/mol. The third-order valence-electron chi connectivity index (χ3n) is 3.47. The van der Waals surface area contributed by atoms with Crippen LogP contribution in [-0.4, -0.2) is 35.2 Å². The fourth-order valence-electron chi connectivity index (χ4n) is 2.46. The van der Waals surface area contributed by atoms with Crippen LogP contribution in [0.4, 0.5) is 0 Å². The number of rotatable bonds is 3. The van der Waals surface area contributed by atoms with E-state index in [1.807, 2.05) is 23.2 Å². The third kappa shape index (κ3) is 4.02. The molecular weight excluding hydrogens is 290 g/mol. The Hall–Kier alpha value is -0.960. The van der Waals surface area contributed by atoms with Crippen LogP contribution < -0.4 is 5.32 Å². The Kier molecular flexibility index (Phi) is 5.96. The fraction of sp³-hybridized carbons (Fsp3) is 0.533. The van der Waals surface area contributed by atoms with Crippen LogP contribution in [0.15, 0.2) is 11.4 Å². The van der Waals surface area contributed by atoms with E-state index in [9.17, 15) is 4.79 Å². The number of thiophene rings is 1. The highest BCUT2D eigenvalue weighted by Crippen LogP contribution is 2.27. The Morgan fingerprint density at radius 3 is 3.20 bits per heavy atom. The van der Waals surface area contributed by atoms with Gasteiger partial charge in [-0.1, -0.05) is 18.3 Å². The van der Waals surface area contributed by atoms with Crippen molar-refractivity contribution in [1.29, 1.82) is 0 Å². The van der Waals surface area contributed by atoms with Gasteiger partial charge >= 0.3 is 0 Å². The van der Waals surface area contributed by atoms with Gasteiger partial charge < -0.3 is 10.4 Å². The summed E-state index contributed by atoms with van der Waals surface area (Å²) in [7, 11) is 0. The third-order valence-corrected chi connectivity index (χ3v) is 5.48. The second-order valence-electron chi connectivity index (χ2n) is 4.82. The molecule has 0 saturated heterocycles. The van der Waals surface area contributed by atoms with Crippen LogP contribution in [0.1, 0.15) is 40.9 Å². The lowest BCUT2D eigenvalue weighted by atomic mass is 9.95. The van der Waals surface area contributed by atoms with Gasteiger partial charge in [-0.05, 0) is 37.0 Å². The molecule has 1 heterocycles. The molecule has 5 heteroatoms. The molecule has 1 aromatic rings. The van der Waals surface area contributed by atoms with Crippen molar-refractivity contribution < 1.29 is 9.90 Å². The van der Waals surface area contributed by atoms with Crippen molar-refractivity contribution in [2.24, 2.45) is 0 Å². The number of amides is 1. The normalized spacial score (nSPS) is 21.9. The lowest BCUT2D eigenvalue weighted by Gasteiger charge is -2.28. The van der Waals surface area contributed by atoms with Crippen molar-refractivity contribution in [3.05, 3.63) is 21.9 Å². The number of nitrogens with one attached hydrogen (secondary N) is 1. The zero-order chi connectivity index (χ0) is 14.4. The second-order valence-corrected chi connectivity index (χ2v) is 6.87. The number of aliphatic hydroxyl groups excluding tert-OH is 1. The number of carbonyl (C=O) groups is 1. The molecule has 1 aliphatic rings. The second kappa shape index (κ2) is 7.72. The van der Waals surface area contributed by atoms with Crippen LogP contribution in [0.5, 0.6) is 0 Å². The van der Waals surface area contributed by atoms with Gasteiger partial charge in [-0.25, -0.2) is 0 Å². The zero-order valence-corrected chi connectivity index (χ0v) is 13.1. The summed E-state index contributed by atoms with van der Waals surface area (Å²) >= 11 is 3.29. The first-order chi connectivity index (χ1) is 9.74. The van der Waals surface area contributed by atoms with Gasteiger partial charge in [-0.3, -0.25) is 4.79 Å². The van der Waals surface area contributed by atoms with Crippen molar-refractivity contribution in [2.75, 3.05) is 12.9 Å². The van der Waals surface area contributed by atoms with E-state index in [4.69, 9.17) is 5.11 Å². The summed E-state index contributed by atoms with van der Waals surface area (Å²) in [6.45, 7) is -0.186. The van der Waals surface area contributed by atoms with Crippen molar-refractivity contribution in [2.45, 2.75) is 37.0 Å². The Balaban J connectivity index is 1.99. The molecule has 2 atom stereocenters. The van der Waals surface area contributed by atoms with Crippen molar-refractivity contribution >= 4 is 29.0 Å². The zero-order valence-electron chi connectivity index (χ0n) is 11.5. The van der Waals surface area contributed by atoms with E-state index in [-0.39, 0.29) is 18.6 Å². The number of hydrogen-bond donors (Lipinski definition) is 2. The highest BCUT2D eigenvalue weighted by molar-refractivity contribution is 7.99. The highest BCUT2D eigenvalue weighted by Gasteiger charge is 2.24. The maximum absolute atomic E-state index is 12.3. The minimum Gasteiger partial charge on any atom is -0.384 e. The Bertz CT molecular complexity index is 515. The van der Waals surface area contributed by atoms with Crippen molar-refractivity contribution in [3.8, 4) is 11.8 Å². The molecule has 20 heavy (non-hydrogen) atoms. The first kappa shape index (κ1) is 15.4. The largest absolute Gasteiger partial charge is 0.384 e. The molecule has 3 nitrogen and oxygen atoms in total. The molecule has 2 N–H and O–H groups in total. The summed E-state index contributed by atoms with van der Waals surface area (Å²) in [5, 5.41) is 14.4. The van der Waals surface area contributed by atoms with E-state index in [0.717, 1.165) is 12.8 Å². The Morgan fingerprint density at radius 1 is 1.60 bits per heavy atom. The fourth-order valence-corrected chi connectivity index (χ4v) is 4.04. The molecule has 2 unspecified atom stereocenters. The van der Waals surface area contributed by atoms with Crippen LogP contribution >= 0.6 is 23.1 Å². The van der Waals surface area contributed by atoms with E-state index in [1.165, 1.54) is 24.2 Å². The minimum absolute atomic E-state index is 0.0333. The summed E-state index contributed by atoms with van der Waals surface area (Å²) in [6, 6.07) is 2.10. The molecule has 1 fully saturated rings. The van der Waals surface area contributed by atoms with E-state index in [1.54, 1.807) is 0 Å². The van der Waals surface area contributed by atoms with Crippen molar-refractivity contribution in [1.82, 2.24) is 5.32 Å². The Labute approximate surface area is 128 Å². The summed E-state index contributed by atoms with van der Waals surface area (Å²) in [4.78, 5) is 13.0. The van der Waals surface area contributed by atoms with Gasteiger partial charge in [-0.2, -0.15) is 11.8 Å². The molecule has 0 radical (unpaired) electrons. The molecule has 0 aliphatic heterocycles. The van der Waals surface area contributed by atoms with E-state index >= 15 is 0 Å². The van der Waals surface area contributed by atoms with Gasteiger partial charge in [0.2, 0.25) is 0 Å². The average molecular weight is 309 g/mol. The number of thioether (sulfide) groups is 1. The molecule has 2 rings (SSSR count). The van der Waals surface area contributed by atoms with Crippen LogP contribution in [0.25, 0.3) is 0 Å². The predicted octanol–water partition coefficient (Wildman–Crippen LogP) is 2.50. The van der Waals surface area contributed by atoms with E-state index < -0.39 is 0 Å². The first-order valence-corrected chi connectivity index (χ1v) is 8.92. The first-order valence-electron chi connectivity index (χ1n) is 6.75. The highest BCUT2D eigenvalue weighted by atomic mass is 32.2. The molecule has 1 aromatic heterocycles. The lowest BCUT2D eigenvalue weighted by Crippen LogP contribution is -2.39. The summed E-state index contributed by atoms with van der Waals surface area (Å²) in [6.07, 6.45) is 6.68. The topological polar surface area (TPSA) is 49.3 Å². The van der Waals surface area contributed by atoms with E-state index in [2.05, 4.69) is 23.4 Å². The lowest BCUT2D eigenvalue weighted by molar-refractivity contribution is 0.0932. The standard InChI is InChI=1S/C15H19NO2S2/c1-19-13-6-2-5-12(10-13)16-15(18)14-11(4-3-8-17)7-9-20-14/h7,9,12-13,17H,2,5-6,8,10H2,1H3,(H,16,18). The van der Waals surface area contributed by atoms with Gasteiger partial charge in [0.05, 0.1) is 0 Å². The molecule has 0 aromatic carbocycles. The van der Waals surface area contributed by atoms with E-state index in [0.29, 0.717) is 15.7 Å². The molecule has 0 spiro atoms. The molecule has 1 aliphatic carbocycles. The van der Waals surface area contributed by atoms with Crippen LogP contribution in [-0.2, 0) is 0 Å². The molecule has 1 amide bonds. The maximum atomic E-state index is 12.3. The monoisotopic (exact) mass is 309 g/mol. The summed E-state index contributed by atoms with van der Waals surface area (Å²) in [5.41, 5.74) is 0.707. The SMILES string of the molecule is CSC1CCCC(NC(=O)c2sccc2C#CCO)C1. The van der Waals surface area contributed by atoms with Gasteiger partial charge in [0.15, 0.2) is 0 Å². The summed E-state index contributed by atoms with van der Waals surface area (Å²) in [5.74, 6) is 5.39. The minimum atomic E-state index is -0.186. The summed E-state index contributed by atoms with van der Waals surface area (Å²) < 4.78 is 0. The van der Waals surface area contributed by atoms with Crippen molar-refractivity contribution in [3.63, 3.8) is 0 Å². The van der Waals surface area contributed by atoms with Crippen LogP contribution in [0.3, 0.4) is 0 Å². The van der Waals surface area contributed by atoms with Gasteiger partial charge in [0.1, 0.15) is 11.5 Å². The van der Waals surface area contributed by atoms with Gasteiger partial charge in [0.25, 0.3) is 5.91 Å². The molecular formula is C15H19NO2S2. The van der Waals surface area contributed by atoms with Crippen LogP contribution in [0.2, 0.25) is 0 Å². The smallest absolute Gasteiger partial charge is 0.262 e. The molecule has 0 bridgehead atoms. The molecule has 108 valence electrons. The Morgan fingerprint density at radius 2 is 2.45 bits per heavy atom. The quantitative estimate of drug-likeness (QED) is 0.844. The number of carbonyl (C=O) groups excluding carboxylic acids is 1. The molecule has 1 saturated carbocycles. The van der Waals surface area contributed by atoms with Gasteiger partial charge in [0, 0.05) is 16.9 Å².